The number of benzene rings is 3. The molecule has 0 aliphatic rings. The normalized spacial score (nSPS) is 12.6. The number of hydrogen-bond donors (Lipinski definition) is 1. The molecule has 3 nitrogen and oxygen atoms in total. The maximum Gasteiger partial charge on any atom is 0.164 e. The van der Waals surface area contributed by atoms with Gasteiger partial charge in [-0.05, 0) is 41.6 Å². The van der Waals surface area contributed by atoms with E-state index in [2.05, 4.69) is 10.7 Å². The first-order chi connectivity index (χ1) is 13.7. The lowest BCUT2D eigenvalue weighted by atomic mass is 9.97. The largest absolute Gasteiger partial charge is 0.377 e. The molecule has 3 aromatic carbocycles. The van der Waals surface area contributed by atoms with E-state index in [0.717, 1.165) is 23.0 Å². The first kappa shape index (κ1) is 19.7. The Morgan fingerprint density at radius 2 is 1.57 bits per heavy atom. The molecule has 0 bridgehead atoms. The third-order valence-electron chi connectivity index (χ3n) is 4.38. The number of thiocyanates is 1. The smallest absolute Gasteiger partial charge is 0.164 e. The standard InChI is InChI=1S/C23H19FN2OS/c24-19-11-13-20(14-12-19)26-23(18-9-5-2-6-10-18)22(28-16-25)15-21(27)17-7-3-1-4-8-17/h1-14,22-23,26H,15H2. The summed E-state index contributed by atoms with van der Waals surface area (Å²) in [4.78, 5) is 12.8. The van der Waals surface area contributed by atoms with Crippen LogP contribution in [0.3, 0.4) is 0 Å². The molecule has 140 valence electrons. The number of halogens is 1. The van der Waals surface area contributed by atoms with Crippen molar-refractivity contribution < 1.29 is 9.18 Å². The molecule has 0 aromatic heterocycles. The third-order valence-corrected chi connectivity index (χ3v) is 5.23. The second kappa shape index (κ2) is 9.72. The van der Waals surface area contributed by atoms with Gasteiger partial charge < -0.3 is 5.32 Å². The molecule has 0 fully saturated rings. The van der Waals surface area contributed by atoms with Gasteiger partial charge >= 0.3 is 0 Å². The number of hydrogen-bond acceptors (Lipinski definition) is 4. The van der Waals surface area contributed by atoms with Crippen LogP contribution in [0.25, 0.3) is 0 Å². The molecule has 1 N–H and O–H groups in total. The van der Waals surface area contributed by atoms with E-state index in [9.17, 15) is 14.4 Å². The number of anilines is 1. The van der Waals surface area contributed by atoms with Gasteiger partial charge in [-0.2, -0.15) is 5.26 Å². The van der Waals surface area contributed by atoms with Crippen LogP contribution in [0.1, 0.15) is 28.4 Å². The zero-order chi connectivity index (χ0) is 19.8. The van der Waals surface area contributed by atoms with E-state index in [1.165, 1.54) is 12.1 Å². The Kier molecular flexibility index (Phi) is 6.83. The summed E-state index contributed by atoms with van der Waals surface area (Å²) >= 11 is 1.07. The Morgan fingerprint density at radius 3 is 2.18 bits per heavy atom. The van der Waals surface area contributed by atoms with Crippen molar-refractivity contribution in [1.82, 2.24) is 0 Å². The minimum Gasteiger partial charge on any atom is -0.377 e. The van der Waals surface area contributed by atoms with Gasteiger partial charge in [0.25, 0.3) is 0 Å². The van der Waals surface area contributed by atoms with Crippen LogP contribution in [0, 0.1) is 16.5 Å². The van der Waals surface area contributed by atoms with Gasteiger partial charge in [0.1, 0.15) is 11.2 Å². The topological polar surface area (TPSA) is 52.9 Å². The summed E-state index contributed by atoms with van der Waals surface area (Å²) in [5, 5.41) is 14.5. The van der Waals surface area contributed by atoms with Gasteiger partial charge in [-0.15, -0.1) is 0 Å². The average molecular weight is 390 g/mol. The Balaban J connectivity index is 1.89. The molecule has 5 heteroatoms. The highest BCUT2D eigenvalue weighted by Crippen LogP contribution is 2.33. The number of carbonyl (C=O) groups is 1. The maximum atomic E-state index is 13.3. The minimum atomic E-state index is -0.316. The fraction of sp³-hybridized carbons (Fsp3) is 0.130. The summed E-state index contributed by atoms with van der Waals surface area (Å²) in [5.41, 5.74) is 2.31. The van der Waals surface area contributed by atoms with E-state index in [4.69, 9.17) is 0 Å². The van der Waals surface area contributed by atoms with Crippen LogP contribution in [0.15, 0.2) is 84.9 Å². The van der Waals surface area contributed by atoms with E-state index in [1.807, 2.05) is 48.5 Å². The molecule has 0 spiro atoms. The Labute approximate surface area is 168 Å². The van der Waals surface area contributed by atoms with Crippen LogP contribution in [0.2, 0.25) is 0 Å². The highest BCUT2D eigenvalue weighted by molar-refractivity contribution is 8.04. The van der Waals surface area contributed by atoms with Gasteiger partial charge in [0.2, 0.25) is 0 Å². The van der Waals surface area contributed by atoms with Crippen molar-refractivity contribution in [1.29, 1.82) is 5.26 Å². The van der Waals surface area contributed by atoms with Gasteiger partial charge in [-0.25, -0.2) is 4.39 Å². The average Bonchev–Trinajstić information content (AvgIpc) is 2.74. The molecule has 0 saturated heterocycles. The predicted octanol–water partition coefficient (Wildman–Crippen LogP) is 5.83. The van der Waals surface area contributed by atoms with E-state index in [1.54, 1.807) is 24.3 Å². The fourth-order valence-electron chi connectivity index (χ4n) is 3.00. The summed E-state index contributed by atoms with van der Waals surface area (Å²) in [6, 6.07) is 24.5. The molecule has 0 saturated carbocycles. The molecule has 3 rings (SSSR count). The second-order valence-electron chi connectivity index (χ2n) is 6.28. The summed E-state index contributed by atoms with van der Waals surface area (Å²) in [6.07, 6.45) is 0.204. The van der Waals surface area contributed by atoms with E-state index >= 15 is 0 Å². The lowest BCUT2D eigenvalue weighted by Gasteiger charge is -2.27. The van der Waals surface area contributed by atoms with Crippen molar-refractivity contribution in [2.45, 2.75) is 17.7 Å². The SMILES string of the molecule is N#CSC(CC(=O)c1ccccc1)C(Nc1ccc(F)cc1)c1ccccc1. The molecule has 28 heavy (non-hydrogen) atoms. The molecular formula is C23H19FN2OS. The van der Waals surface area contributed by atoms with E-state index in [-0.39, 0.29) is 29.3 Å². The third kappa shape index (κ3) is 5.21. The fourth-order valence-corrected chi connectivity index (χ4v) is 3.73. The Morgan fingerprint density at radius 1 is 0.964 bits per heavy atom. The van der Waals surface area contributed by atoms with Gasteiger partial charge in [0.15, 0.2) is 5.78 Å². The van der Waals surface area contributed by atoms with Gasteiger partial charge in [0.05, 0.1) is 11.3 Å². The number of thioether (sulfide) groups is 1. The van der Waals surface area contributed by atoms with Gasteiger partial charge in [-0.3, -0.25) is 4.79 Å². The summed E-state index contributed by atoms with van der Waals surface area (Å²) < 4.78 is 13.3. The molecule has 2 atom stereocenters. The highest BCUT2D eigenvalue weighted by Gasteiger charge is 2.27. The number of nitrogens with zero attached hydrogens (tertiary/aromatic N) is 1. The molecule has 3 aromatic rings. The van der Waals surface area contributed by atoms with Crippen LogP contribution in [-0.4, -0.2) is 11.0 Å². The second-order valence-corrected chi connectivity index (χ2v) is 7.30. The van der Waals surface area contributed by atoms with Gasteiger partial charge in [-0.1, -0.05) is 60.7 Å². The molecular weight excluding hydrogens is 371 g/mol. The Bertz CT molecular complexity index is 940. The summed E-state index contributed by atoms with van der Waals surface area (Å²) in [6.45, 7) is 0. The van der Waals surface area contributed by atoms with Crippen molar-refractivity contribution in [3.63, 3.8) is 0 Å². The number of nitrogens with one attached hydrogen (secondary N) is 1. The van der Waals surface area contributed by atoms with Crippen molar-refractivity contribution >= 4 is 23.2 Å². The van der Waals surface area contributed by atoms with Crippen LogP contribution in [0.4, 0.5) is 10.1 Å². The van der Waals surface area contributed by atoms with E-state index < -0.39 is 0 Å². The van der Waals surface area contributed by atoms with Crippen molar-refractivity contribution in [3.8, 4) is 5.40 Å². The molecule has 0 amide bonds. The van der Waals surface area contributed by atoms with Crippen LogP contribution in [-0.2, 0) is 0 Å². The van der Waals surface area contributed by atoms with Crippen molar-refractivity contribution in [3.05, 3.63) is 102 Å². The molecule has 0 aliphatic carbocycles. The number of carbonyl (C=O) groups excluding carboxylic acids is 1. The number of nitriles is 1. The monoisotopic (exact) mass is 390 g/mol. The summed E-state index contributed by atoms with van der Waals surface area (Å²) in [5.74, 6) is -0.334. The quantitative estimate of drug-likeness (QED) is 0.388. The molecule has 0 radical (unpaired) electrons. The number of ketones is 1. The number of rotatable bonds is 8. The maximum absolute atomic E-state index is 13.3. The Hall–Kier alpha value is -3.10. The van der Waals surface area contributed by atoms with Crippen molar-refractivity contribution in [2.75, 3.05) is 5.32 Å². The predicted molar refractivity (Wildman–Crippen MR) is 112 cm³/mol. The lowest BCUT2D eigenvalue weighted by Crippen LogP contribution is -2.25. The first-order valence-corrected chi connectivity index (χ1v) is 9.75. The zero-order valence-electron chi connectivity index (χ0n) is 15.1. The first-order valence-electron chi connectivity index (χ1n) is 8.87. The minimum absolute atomic E-state index is 0.0183. The molecule has 2 unspecified atom stereocenters. The molecule has 0 aliphatic heterocycles. The van der Waals surface area contributed by atoms with Crippen LogP contribution in [0.5, 0.6) is 0 Å². The number of Topliss-reactive ketones (excluding diaryl/α,β-unsaturated/α-hetero) is 1. The lowest BCUT2D eigenvalue weighted by molar-refractivity contribution is 0.0980. The summed E-state index contributed by atoms with van der Waals surface area (Å²) in [7, 11) is 0. The molecule has 0 heterocycles. The van der Waals surface area contributed by atoms with Crippen LogP contribution < -0.4 is 5.32 Å². The van der Waals surface area contributed by atoms with Gasteiger partial charge in [0, 0.05) is 17.7 Å². The van der Waals surface area contributed by atoms with Crippen molar-refractivity contribution in [2.24, 2.45) is 0 Å². The highest BCUT2D eigenvalue weighted by atomic mass is 32.2. The van der Waals surface area contributed by atoms with E-state index in [0.29, 0.717) is 5.56 Å². The van der Waals surface area contributed by atoms with Crippen LogP contribution >= 0.6 is 11.8 Å². The zero-order valence-corrected chi connectivity index (χ0v) is 15.9.